The molecule has 1 amide bonds. The van der Waals surface area contributed by atoms with Crippen molar-refractivity contribution in [2.24, 2.45) is 0 Å². The SMILES string of the molecule is Cc1[nH]cnc1CN1CCC2(CC1)OCC[C@](C)(NC(=O)c1ccccn1)[C@H]2O. The Morgan fingerprint density at radius 1 is 1.34 bits per heavy atom. The molecule has 1 spiro atoms. The minimum absolute atomic E-state index is 0.268. The molecule has 0 aliphatic carbocycles. The Kier molecular flexibility index (Phi) is 5.42. The fourth-order valence-electron chi connectivity index (χ4n) is 4.48. The topological polar surface area (TPSA) is 103 Å². The summed E-state index contributed by atoms with van der Waals surface area (Å²) in [6.07, 6.45) is 4.52. The Labute approximate surface area is 170 Å². The summed E-state index contributed by atoms with van der Waals surface area (Å²) in [6.45, 7) is 6.85. The smallest absolute Gasteiger partial charge is 0.270 e. The zero-order chi connectivity index (χ0) is 20.5. The summed E-state index contributed by atoms with van der Waals surface area (Å²) in [5.41, 5.74) is 1.10. The number of amides is 1. The number of H-pyrrole nitrogens is 1. The number of ether oxygens (including phenoxy) is 1. The van der Waals surface area contributed by atoms with E-state index in [9.17, 15) is 9.90 Å². The maximum atomic E-state index is 12.7. The lowest BCUT2D eigenvalue weighted by Gasteiger charge is -2.53. The van der Waals surface area contributed by atoms with E-state index in [1.807, 2.05) is 13.8 Å². The number of carbonyl (C=O) groups excluding carboxylic acids is 1. The van der Waals surface area contributed by atoms with Crippen LogP contribution in [0.15, 0.2) is 30.7 Å². The average Bonchev–Trinajstić information content (AvgIpc) is 3.13. The molecule has 0 bridgehead atoms. The van der Waals surface area contributed by atoms with Gasteiger partial charge in [-0.15, -0.1) is 0 Å². The van der Waals surface area contributed by atoms with Crippen LogP contribution in [0, 0.1) is 6.92 Å². The van der Waals surface area contributed by atoms with Crippen LogP contribution in [-0.4, -0.2) is 67.8 Å². The molecule has 4 heterocycles. The summed E-state index contributed by atoms with van der Waals surface area (Å²) in [4.78, 5) is 26.6. The molecule has 3 N–H and O–H groups in total. The number of carbonyl (C=O) groups is 1. The van der Waals surface area contributed by atoms with Crippen molar-refractivity contribution in [1.29, 1.82) is 0 Å². The molecule has 2 aliphatic heterocycles. The number of likely N-dealkylation sites (tertiary alicyclic amines) is 1. The van der Waals surface area contributed by atoms with Crippen molar-refractivity contribution < 1.29 is 14.6 Å². The second-order valence-electron chi connectivity index (χ2n) is 8.40. The predicted molar refractivity (Wildman–Crippen MR) is 107 cm³/mol. The molecule has 0 unspecified atom stereocenters. The molecule has 2 saturated heterocycles. The van der Waals surface area contributed by atoms with E-state index in [4.69, 9.17) is 4.74 Å². The number of pyridine rings is 1. The van der Waals surface area contributed by atoms with Gasteiger partial charge < -0.3 is 20.1 Å². The second kappa shape index (κ2) is 7.85. The van der Waals surface area contributed by atoms with E-state index in [2.05, 4.69) is 25.2 Å². The van der Waals surface area contributed by atoms with Crippen LogP contribution in [0.3, 0.4) is 0 Å². The number of rotatable bonds is 4. The van der Waals surface area contributed by atoms with Gasteiger partial charge in [0.25, 0.3) is 5.91 Å². The standard InChI is InChI=1S/C21H29N5O3/c1-15-17(24-14-23-15)13-26-10-6-21(7-11-26)19(28)20(2,8-12-29-21)25-18(27)16-5-3-4-9-22-16/h3-5,9,14,19,28H,6-8,10-13H2,1-2H3,(H,23,24)(H,25,27)/t19-,20+/m1/s1. The fraction of sp³-hybridized carbons (Fsp3) is 0.571. The Bertz CT molecular complexity index is 847. The van der Waals surface area contributed by atoms with E-state index < -0.39 is 17.2 Å². The van der Waals surface area contributed by atoms with Crippen LogP contribution in [0.25, 0.3) is 0 Å². The summed E-state index contributed by atoms with van der Waals surface area (Å²) in [5.74, 6) is -0.268. The number of aryl methyl sites for hydroxylation is 1. The van der Waals surface area contributed by atoms with Gasteiger partial charge in [-0.3, -0.25) is 14.7 Å². The molecule has 2 atom stereocenters. The van der Waals surface area contributed by atoms with Gasteiger partial charge in [0.2, 0.25) is 0 Å². The molecule has 4 rings (SSSR count). The molecule has 2 aliphatic rings. The van der Waals surface area contributed by atoms with Gasteiger partial charge in [0.15, 0.2) is 0 Å². The van der Waals surface area contributed by atoms with Crippen molar-refractivity contribution in [2.45, 2.75) is 56.9 Å². The molecular weight excluding hydrogens is 370 g/mol. The highest BCUT2D eigenvalue weighted by Gasteiger charge is 2.53. The quantitative estimate of drug-likeness (QED) is 0.718. The summed E-state index contributed by atoms with van der Waals surface area (Å²) in [7, 11) is 0. The first-order valence-electron chi connectivity index (χ1n) is 10.2. The molecule has 0 aromatic carbocycles. The molecule has 2 aromatic heterocycles. The number of nitrogens with one attached hydrogen (secondary N) is 2. The van der Waals surface area contributed by atoms with Crippen molar-refractivity contribution in [2.75, 3.05) is 19.7 Å². The van der Waals surface area contributed by atoms with Crippen LogP contribution >= 0.6 is 0 Å². The van der Waals surface area contributed by atoms with Gasteiger partial charge in [-0.2, -0.15) is 0 Å². The van der Waals surface area contributed by atoms with Crippen molar-refractivity contribution in [1.82, 2.24) is 25.2 Å². The molecule has 8 heteroatoms. The van der Waals surface area contributed by atoms with E-state index in [1.165, 1.54) is 0 Å². The third-order valence-electron chi connectivity index (χ3n) is 6.42. The first-order valence-corrected chi connectivity index (χ1v) is 10.2. The number of nitrogens with zero attached hydrogens (tertiary/aromatic N) is 3. The highest BCUT2D eigenvalue weighted by Crippen LogP contribution is 2.40. The lowest BCUT2D eigenvalue weighted by atomic mass is 9.73. The monoisotopic (exact) mass is 399 g/mol. The first kappa shape index (κ1) is 20.0. The zero-order valence-electron chi connectivity index (χ0n) is 17.0. The van der Waals surface area contributed by atoms with Crippen LogP contribution in [0.5, 0.6) is 0 Å². The number of hydrogen-bond acceptors (Lipinski definition) is 6. The van der Waals surface area contributed by atoms with Crippen LogP contribution in [0.1, 0.15) is 48.1 Å². The molecule has 156 valence electrons. The molecule has 0 saturated carbocycles. The molecular formula is C21H29N5O3. The van der Waals surface area contributed by atoms with E-state index in [0.29, 0.717) is 31.6 Å². The van der Waals surface area contributed by atoms with E-state index in [0.717, 1.165) is 31.0 Å². The van der Waals surface area contributed by atoms with Crippen LogP contribution in [0.4, 0.5) is 0 Å². The number of imidazole rings is 1. The zero-order valence-corrected chi connectivity index (χ0v) is 17.0. The number of piperidine rings is 1. The van der Waals surface area contributed by atoms with Crippen molar-refractivity contribution in [3.05, 3.63) is 47.8 Å². The third kappa shape index (κ3) is 3.92. The summed E-state index contributed by atoms with van der Waals surface area (Å²) >= 11 is 0. The van der Waals surface area contributed by atoms with Gasteiger partial charge in [0.05, 0.1) is 23.2 Å². The van der Waals surface area contributed by atoms with Crippen LogP contribution in [-0.2, 0) is 11.3 Å². The van der Waals surface area contributed by atoms with Crippen molar-refractivity contribution in [3.63, 3.8) is 0 Å². The predicted octanol–water partition coefficient (Wildman–Crippen LogP) is 1.42. The minimum atomic E-state index is -0.786. The molecule has 2 fully saturated rings. The minimum Gasteiger partial charge on any atom is -0.388 e. The first-order chi connectivity index (χ1) is 13.9. The molecule has 2 aromatic rings. The van der Waals surface area contributed by atoms with E-state index in [-0.39, 0.29) is 5.91 Å². The Morgan fingerprint density at radius 2 is 2.14 bits per heavy atom. The number of aliphatic hydroxyl groups excluding tert-OH is 1. The summed E-state index contributed by atoms with van der Waals surface area (Å²) in [6, 6.07) is 5.23. The highest BCUT2D eigenvalue weighted by molar-refractivity contribution is 5.92. The Hall–Kier alpha value is -2.29. The Morgan fingerprint density at radius 3 is 2.79 bits per heavy atom. The highest BCUT2D eigenvalue weighted by atomic mass is 16.5. The van der Waals surface area contributed by atoms with E-state index >= 15 is 0 Å². The average molecular weight is 399 g/mol. The van der Waals surface area contributed by atoms with Gasteiger partial charge >= 0.3 is 0 Å². The maximum absolute atomic E-state index is 12.7. The van der Waals surface area contributed by atoms with Crippen LogP contribution < -0.4 is 5.32 Å². The van der Waals surface area contributed by atoms with Crippen molar-refractivity contribution in [3.8, 4) is 0 Å². The molecule has 29 heavy (non-hydrogen) atoms. The fourth-order valence-corrected chi connectivity index (χ4v) is 4.48. The van der Waals surface area contributed by atoms with Crippen LogP contribution in [0.2, 0.25) is 0 Å². The Balaban J connectivity index is 1.42. The largest absolute Gasteiger partial charge is 0.388 e. The summed E-state index contributed by atoms with van der Waals surface area (Å²) in [5, 5.41) is 14.3. The van der Waals surface area contributed by atoms with Crippen molar-refractivity contribution >= 4 is 5.91 Å². The number of aromatic amines is 1. The lowest BCUT2D eigenvalue weighted by Crippen LogP contribution is -2.69. The third-order valence-corrected chi connectivity index (χ3v) is 6.42. The van der Waals surface area contributed by atoms with Gasteiger partial charge in [0, 0.05) is 38.1 Å². The summed E-state index contributed by atoms with van der Waals surface area (Å²) < 4.78 is 6.14. The number of aliphatic hydroxyl groups is 1. The van der Waals surface area contributed by atoms with Gasteiger partial charge in [0.1, 0.15) is 11.8 Å². The molecule has 8 nitrogen and oxygen atoms in total. The van der Waals surface area contributed by atoms with Gasteiger partial charge in [-0.25, -0.2) is 4.98 Å². The number of hydrogen-bond donors (Lipinski definition) is 3. The van der Waals surface area contributed by atoms with Gasteiger partial charge in [-0.1, -0.05) is 6.07 Å². The number of aromatic nitrogens is 3. The van der Waals surface area contributed by atoms with Gasteiger partial charge in [-0.05, 0) is 45.2 Å². The van der Waals surface area contributed by atoms with E-state index in [1.54, 1.807) is 30.7 Å². The normalized spacial score (nSPS) is 27.1. The maximum Gasteiger partial charge on any atom is 0.270 e. The lowest BCUT2D eigenvalue weighted by molar-refractivity contribution is -0.206. The molecule has 0 radical (unpaired) electrons. The second-order valence-corrected chi connectivity index (χ2v) is 8.40.